The van der Waals surface area contributed by atoms with Crippen LogP contribution in [0.4, 0.5) is 10.5 Å². The second-order valence-corrected chi connectivity index (χ2v) is 9.00. The molecule has 2 unspecified atom stereocenters. The average Bonchev–Trinajstić information content (AvgIpc) is 3.29. The Bertz CT molecular complexity index is 1460. The lowest BCUT2D eigenvalue weighted by atomic mass is 9.89. The summed E-state index contributed by atoms with van der Waals surface area (Å²) in [5, 5.41) is 11.6. The number of hydrogen-bond acceptors (Lipinski definition) is 3. The lowest BCUT2D eigenvalue weighted by Gasteiger charge is -2.36. The number of amides is 3. The number of rotatable bonds is 2. The van der Waals surface area contributed by atoms with Crippen LogP contribution < -0.4 is 4.90 Å². The van der Waals surface area contributed by atoms with E-state index in [-0.39, 0.29) is 27.4 Å². The molecule has 6 nitrogen and oxygen atoms in total. The lowest BCUT2D eigenvalue weighted by Crippen LogP contribution is -2.44. The van der Waals surface area contributed by atoms with Crippen molar-refractivity contribution in [2.45, 2.75) is 18.5 Å². The number of anilines is 1. The zero-order valence-electron chi connectivity index (χ0n) is 17.1. The number of phenolic OH excluding ortho intramolecular Hbond substituents is 1. The summed E-state index contributed by atoms with van der Waals surface area (Å²) in [5.41, 5.74) is 3.71. The van der Waals surface area contributed by atoms with Crippen LogP contribution in [-0.4, -0.2) is 33.0 Å². The van der Waals surface area contributed by atoms with Crippen LogP contribution in [0.15, 0.2) is 66.7 Å². The minimum Gasteiger partial charge on any atom is -0.508 e. The molecule has 1 saturated heterocycles. The first-order chi connectivity index (χ1) is 16.0. The second-order valence-electron chi connectivity index (χ2n) is 8.22. The largest absolute Gasteiger partial charge is 0.508 e. The number of aromatic amines is 1. The van der Waals surface area contributed by atoms with Gasteiger partial charge in [-0.25, -0.2) is 9.69 Å². The number of aromatic nitrogens is 1. The van der Waals surface area contributed by atoms with E-state index in [2.05, 4.69) is 4.98 Å². The van der Waals surface area contributed by atoms with Crippen LogP contribution in [0.1, 0.15) is 22.9 Å². The average molecular weight is 478 g/mol. The van der Waals surface area contributed by atoms with Gasteiger partial charge in [0, 0.05) is 23.0 Å². The Hall–Kier alpha value is -3.48. The van der Waals surface area contributed by atoms with Crippen LogP contribution in [0.3, 0.4) is 0 Å². The third-order valence-corrected chi connectivity index (χ3v) is 7.22. The molecular formula is C25H17Cl2N3O3. The van der Waals surface area contributed by atoms with Crippen molar-refractivity contribution in [2.75, 3.05) is 4.90 Å². The molecule has 33 heavy (non-hydrogen) atoms. The molecule has 164 valence electrons. The number of H-pyrrole nitrogens is 1. The fraction of sp³-hybridized carbons (Fsp3) is 0.120. The van der Waals surface area contributed by atoms with E-state index in [0.29, 0.717) is 12.0 Å². The van der Waals surface area contributed by atoms with Crippen LogP contribution in [0.5, 0.6) is 5.75 Å². The number of carbonyl (C=O) groups excluding carboxylic acids is 2. The zero-order valence-corrected chi connectivity index (χ0v) is 18.6. The van der Waals surface area contributed by atoms with Gasteiger partial charge in [-0.05, 0) is 41.5 Å². The van der Waals surface area contributed by atoms with E-state index in [1.807, 2.05) is 30.3 Å². The number of carbonyl (C=O) groups is 2. The van der Waals surface area contributed by atoms with Gasteiger partial charge in [0.25, 0.3) is 5.91 Å². The molecule has 0 aliphatic carbocycles. The Labute approximate surface area is 198 Å². The molecule has 0 bridgehead atoms. The molecule has 2 aliphatic heterocycles. The molecule has 1 aromatic heterocycles. The molecule has 2 aliphatic rings. The van der Waals surface area contributed by atoms with E-state index in [9.17, 15) is 14.7 Å². The normalized spacial score (nSPS) is 19.8. The number of phenols is 1. The minimum atomic E-state index is -0.716. The molecule has 2 atom stereocenters. The highest BCUT2D eigenvalue weighted by molar-refractivity contribution is 6.44. The molecule has 2 N–H and O–H groups in total. The van der Waals surface area contributed by atoms with Gasteiger partial charge in [-0.2, -0.15) is 0 Å². The minimum absolute atomic E-state index is 0.0833. The summed E-state index contributed by atoms with van der Waals surface area (Å²) in [6.07, 6.45) is 0.369. The predicted octanol–water partition coefficient (Wildman–Crippen LogP) is 5.66. The maximum atomic E-state index is 13.8. The van der Waals surface area contributed by atoms with E-state index >= 15 is 0 Å². The third kappa shape index (κ3) is 2.88. The summed E-state index contributed by atoms with van der Waals surface area (Å²) in [6, 6.07) is 17.7. The monoisotopic (exact) mass is 477 g/mol. The van der Waals surface area contributed by atoms with Crippen LogP contribution in [-0.2, 0) is 11.2 Å². The number of urea groups is 1. The van der Waals surface area contributed by atoms with Gasteiger partial charge in [0.15, 0.2) is 0 Å². The summed E-state index contributed by atoms with van der Waals surface area (Å²) in [7, 11) is 0. The lowest BCUT2D eigenvalue weighted by molar-refractivity contribution is -0.120. The Balaban J connectivity index is 1.57. The van der Waals surface area contributed by atoms with Gasteiger partial charge in [-0.3, -0.25) is 9.69 Å². The van der Waals surface area contributed by atoms with Crippen molar-refractivity contribution in [3.8, 4) is 5.75 Å². The highest BCUT2D eigenvalue weighted by Gasteiger charge is 2.53. The molecule has 6 rings (SSSR count). The van der Waals surface area contributed by atoms with Crippen LogP contribution >= 0.6 is 23.2 Å². The van der Waals surface area contributed by atoms with Gasteiger partial charge in [-0.15, -0.1) is 0 Å². The first-order valence-electron chi connectivity index (χ1n) is 10.4. The van der Waals surface area contributed by atoms with Crippen molar-refractivity contribution >= 4 is 51.7 Å². The Kier molecular flexibility index (Phi) is 4.44. The van der Waals surface area contributed by atoms with E-state index in [1.54, 1.807) is 41.3 Å². The highest BCUT2D eigenvalue weighted by atomic mass is 35.5. The fourth-order valence-electron chi connectivity index (χ4n) is 5.00. The third-order valence-electron chi connectivity index (χ3n) is 6.41. The van der Waals surface area contributed by atoms with Crippen LogP contribution in [0.2, 0.25) is 10.0 Å². The van der Waals surface area contributed by atoms with Gasteiger partial charge in [-0.1, -0.05) is 59.6 Å². The summed E-state index contributed by atoms with van der Waals surface area (Å²) in [4.78, 5) is 33.5. The van der Waals surface area contributed by atoms with Crippen LogP contribution in [0.25, 0.3) is 10.9 Å². The standard InChI is InChI=1S/C25H17Cl2N3O3/c26-17-8-4-10-19(21(17)27)30-24(32)20-12-16-15-7-1-2-9-18(15)28-22(16)23(29(20)25(30)33)13-5-3-6-14(31)11-13/h1-11,20,23,28,31H,12H2. The number of imide groups is 1. The molecule has 3 heterocycles. The number of benzene rings is 3. The molecular weight excluding hydrogens is 461 g/mol. The number of fused-ring (bicyclic) bond motifs is 4. The van der Waals surface area contributed by atoms with Crippen molar-refractivity contribution in [3.05, 3.63) is 93.6 Å². The van der Waals surface area contributed by atoms with E-state index < -0.39 is 18.1 Å². The summed E-state index contributed by atoms with van der Waals surface area (Å²) < 4.78 is 0. The maximum absolute atomic E-state index is 13.8. The summed E-state index contributed by atoms with van der Waals surface area (Å²) in [6.45, 7) is 0. The molecule has 0 spiro atoms. The number of hydrogen-bond donors (Lipinski definition) is 2. The van der Waals surface area contributed by atoms with Crippen molar-refractivity contribution in [1.29, 1.82) is 0 Å². The predicted molar refractivity (Wildman–Crippen MR) is 127 cm³/mol. The Morgan fingerprint density at radius 1 is 0.970 bits per heavy atom. The first kappa shape index (κ1) is 20.1. The molecule has 4 aromatic rings. The van der Waals surface area contributed by atoms with E-state index in [1.165, 1.54) is 0 Å². The number of nitrogens with one attached hydrogen (secondary N) is 1. The fourth-order valence-corrected chi connectivity index (χ4v) is 5.38. The first-order valence-corrected chi connectivity index (χ1v) is 11.2. The van der Waals surface area contributed by atoms with Crippen molar-refractivity contribution in [1.82, 2.24) is 9.88 Å². The van der Waals surface area contributed by atoms with Gasteiger partial charge in [0.1, 0.15) is 17.8 Å². The molecule has 8 heteroatoms. The van der Waals surface area contributed by atoms with Crippen molar-refractivity contribution in [3.63, 3.8) is 0 Å². The van der Waals surface area contributed by atoms with Crippen molar-refractivity contribution < 1.29 is 14.7 Å². The van der Waals surface area contributed by atoms with Gasteiger partial charge < -0.3 is 10.1 Å². The number of para-hydroxylation sites is 1. The smallest absolute Gasteiger partial charge is 0.333 e. The van der Waals surface area contributed by atoms with Gasteiger partial charge >= 0.3 is 6.03 Å². The topological polar surface area (TPSA) is 76.6 Å². The number of aromatic hydroxyl groups is 1. The highest BCUT2D eigenvalue weighted by Crippen LogP contribution is 2.46. The molecule has 3 aromatic carbocycles. The van der Waals surface area contributed by atoms with Gasteiger partial charge in [0.05, 0.1) is 15.7 Å². The quantitative estimate of drug-likeness (QED) is 0.365. The SMILES string of the molecule is O=C1C2Cc3c([nH]c4ccccc34)C(c3cccc(O)c3)N2C(=O)N1c1cccc(Cl)c1Cl. The number of nitrogens with zero attached hydrogens (tertiary/aromatic N) is 2. The summed E-state index contributed by atoms with van der Waals surface area (Å²) in [5.74, 6) is -0.273. The molecule has 1 fully saturated rings. The molecule has 0 radical (unpaired) electrons. The maximum Gasteiger partial charge on any atom is 0.333 e. The zero-order chi connectivity index (χ0) is 22.9. The molecule has 3 amide bonds. The van der Waals surface area contributed by atoms with E-state index in [0.717, 1.165) is 27.1 Å². The van der Waals surface area contributed by atoms with Gasteiger partial charge in [0.2, 0.25) is 0 Å². The Morgan fingerprint density at radius 3 is 2.58 bits per heavy atom. The number of halogens is 2. The molecule has 0 saturated carbocycles. The van der Waals surface area contributed by atoms with Crippen molar-refractivity contribution in [2.24, 2.45) is 0 Å². The van der Waals surface area contributed by atoms with E-state index in [4.69, 9.17) is 23.2 Å². The summed E-state index contributed by atoms with van der Waals surface area (Å²) >= 11 is 12.6. The Morgan fingerprint density at radius 2 is 1.76 bits per heavy atom. The van der Waals surface area contributed by atoms with Crippen LogP contribution in [0, 0.1) is 0 Å². The second kappa shape index (κ2) is 7.27.